The first kappa shape index (κ1) is 16.2. The van der Waals surface area contributed by atoms with Gasteiger partial charge in [-0.15, -0.1) is 0 Å². The summed E-state index contributed by atoms with van der Waals surface area (Å²) in [5.41, 5.74) is 0.712. The Morgan fingerprint density at radius 3 is 2.38 bits per heavy atom. The van der Waals surface area contributed by atoms with Crippen LogP contribution >= 0.6 is 0 Å². The van der Waals surface area contributed by atoms with Crippen molar-refractivity contribution < 1.29 is 24.5 Å². The van der Waals surface area contributed by atoms with E-state index in [0.717, 1.165) is 0 Å². The van der Waals surface area contributed by atoms with Crippen molar-refractivity contribution in [3.63, 3.8) is 0 Å². The smallest absolute Gasteiger partial charge is 0.325 e. The molecule has 3 N–H and O–H groups in total. The van der Waals surface area contributed by atoms with E-state index in [4.69, 9.17) is 14.9 Å². The number of aliphatic imine (C=N–C) groups is 1. The van der Waals surface area contributed by atoms with Crippen LogP contribution in [0.4, 0.5) is 0 Å². The average molecular weight is 292 g/mol. The molecule has 112 valence electrons. The number of carboxylic acids is 2. The summed E-state index contributed by atoms with van der Waals surface area (Å²) in [6, 6.07) is 0. The molecule has 0 aromatic rings. The highest BCUT2D eigenvalue weighted by molar-refractivity contribution is 6.08. The molecule has 0 saturated heterocycles. The van der Waals surface area contributed by atoms with Crippen molar-refractivity contribution in [2.24, 2.45) is 4.99 Å². The molecule has 0 atom stereocenters. The van der Waals surface area contributed by atoms with Crippen molar-refractivity contribution in [3.05, 3.63) is 47.9 Å². The van der Waals surface area contributed by atoms with Crippen LogP contribution in [0.2, 0.25) is 0 Å². The molecule has 1 aliphatic rings. The van der Waals surface area contributed by atoms with Crippen LogP contribution in [0.5, 0.6) is 0 Å². The standard InChI is InChI=1S/C14H16N2O5/c1-21-14-10(15-8-12(17)18)6-4-2-3-5-7-11(14)16-9-13(19)20/h2-7,15H,8-9H2,1H3,(H,17,18)(H,19,20)/b3-2-,6-4-,7-5-,14-10-,16-11+. The van der Waals surface area contributed by atoms with Crippen molar-refractivity contribution in [2.45, 2.75) is 0 Å². The molecule has 0 aromatic carbocycles. The van der Waals surface area contributed by atoms with Crippen molar-refractivity contribution in [1.29, 1.82) is 0 Å². The third kappa shape index (κ3) is 5.77. The lowest BCUT2D eigenvalue weighted by molar-refractivity contribution is -0.136. The van der Waals surface area contributed by atoms with Crippen LogP contribution in [0, 0.1) is 0 Å². The minimum absolute atomic E-state index is 0.272. The Morgan fingerprint density at radius 2 is 1.81 bits per heavy atom. The van der Waals surface area contributed by atoms with E-state index in [0.29, 0.717) is 11.4 Å². The van der Waals surface area contributed by atoms with E-state index in [1.165, 1.54) is 7.11 Å². The number of allylic oxidation sites excluding steroid dienone is 6. The maximum Gasteiger partial charge on any atom is 0.325 e. The highest BCUT2D eigenvalue weighted by Crippen LogP contribution is 2.10. The average Bonchev–Trinajstić information content (AvgIpc) is 2.52. The van der Waals surface area contributed by atoms with E-state index < -0.39 is 18.5 Å². The van der Waals surface area contributed by atoms with Crippen LogP contribution in [0.25, 0.3) is 0 Å². The largest absolute Gasteiger partial charge is 0.492 e. The number of carboxylic acid groups (broad SMARTS) is 2. The van der Waals surface area contributed by atoms with Crippen LogP contribution in [0.15, 0.2) is 52.9 Å². The molecule has 0 heterocycles. The van der Waals surface area contributed by atoms with Gasteiger partial charge in [0.1, 0.15) is 18.8 Å². The summed E-state index contributed by atoms with van der Waals surface area (Å²) in [5, 5.41) is 20.2. The molecule has 0 saturated carbocycles. The summed E-state index contributed by atoms with van der Waals surface area (Å²) < 4.78 is 5.24. The fourth-order valence-electron chi connectivity index (χ4n) is 1.52. The zero-order valence-corrected chi connectivity index (χ0v) is 11.4. The van der Waals surface area contributed by atoms with Crippen molar-refractivity contribution >= 4 is 17.7 Å². The lowest BCUT2D eigenvalue weighted by Gasteiger charge is -2.12. The molecule has 1 rings (SSSR count). The number of aliphatic carboxylic acids is 2. The third-order valence-electron chi connectivity index (χ3n) is 2.35. The highest BCUT2D eigenvalue weighted by Gasteiger charge is 2.12. The van der Waals surface area contributed by atoms with E-state index in [9.17, 15) is 9.59 Å². The van der Waals surface area contributed by atoms with Gasteiger partial charge < -0.3 is 20.3 Å². The van der Waals surface area contributed by atoms with Crippen LogP contribution < -0.4 is 5.32 Å². The zero-order valence-electron chi connectivity index (χ0n) is 11.4. The number of nitrogens with zero attached hydrogens (tertiary/aromatic N) is 1. The number of carbonyl (C=O) groups is 2. The Kier molecular flexibility index (Phi) is 6.46. The molecule has 0 fully saturated rings. The summed E-state index contributed by atoms with van der Waals surface area (Å²) in [7, 11) is 1.40. The lowest BCUT2D eigenvalue weighted by atomic mass is 10.2. The van der Waals surface area contributed by atoms with E-state index in [1.807, 2.05) is 0 Å². The second kappa shape index (κ2) is 8.36. The summed E-state index contributed by atoms with van der Waals surface area (Å²) in [6.45, 7) is -0.710. The molecule has 0 aromatic heterocycles. The maximum absolute atomic E-state index is 10.7. The van der Waals surface area contributed by atoms with Crippen molar-refractivity contribution in [3.8, 4) is 0 Å². The van der Waals surface area contributed by atoms with Gasteiger partial charge >= 0.3 is 11.9 Å². The zero-order chi connectivity index (χ0) is 15.7. The molecule has 1 aliphatic carbocycles. The van der Waals surface area contributed by atoms with Gasteiger partial charge in [-0.05, 0) is 12.2 Å². The first-order valence-corrected chi connectivity index (χ1v) is 6.06. The van der Waals surface area contributed by atoms with Gasteiger partial charge in [0, 0.05) is 0 Å². The predicted molar refractivity (Wildman–Crippen MR) is 77.0 cm³/mol. The van der Waals surface area contributed by atoms with Crippen molar-refractivity contribution in [2.75, 3.05) is 20.2 Å². The van der Waals surface area contributed by atoms with E-state index in [-0.39, 0.29) is 12.3 Å². The minimum Gasteiger partial charge on any atom is -0.492 e. The molecular formula is C14H16N2O5. The number of rotatable bonds is 6. The Hall–Kier alpha value is -2.83. The number of methoxy groups -OCH3 is 1. The van der Waals surface area contributed by atoms with Gasteiger partial charge in [-0.25, -0.2) is 0 Å². The van der Waals surface area contributed by atoms with Crippen LogP contribution in [0.3, 0.4) is 0 Å². The second-order valence-electron chi connectivity index (χ2n) is 3.89. The first-order valence-electron chi connectivity index (χ1n) is 6.06. The summed E-state index contributed by atoms with van der Waals surface area (Å²) >= 11 is 0. The topological polar surface area (TPSA) is 108 Å². The SMILES string of the molecule is CO/C1=C(NCC(=O)O)/C=C\C=C/C=C\C1=N/CC(=O)O. The summed E-state index contributed by atoms with van der Waals surface area (Å²) in [5.74, 6) is -1.83. The maximum atomic E-state index is 10.7. The Bertz CT molecular complexity index is 556. The molecule has 0 bridgehead atoms. The van der Waals surface area contributed by atoms with Crippen LogP contribution in [-0.2, 0) is 14.3 Å². The van der Waals surface area contributed by atoms with Crippen LogP contribution in [0.1, 0.15) is 0 Å². The minimum atomic E-state index is -1.07. The van der Waals surface area contributed by atoms with E-state index in [1.54, 1.807) is 36.5 Å². The first-order chi connectivity index (χ1) is 10.0. The fraction of sp³-hybridized carbons (Fsp3) is 0.214. The van der Waals surface area contributed by atoms with Gasteiger partial charge in [0.05, 0.1) is 12.8 Å². The normalized spacial score (nSPS) is 24.3. The molecule has 0 radical (unpaired) electrons. The summed E-state index contributed by atoms with van der Waals surface area (Å²) in [6.07, 6.45) is 10.1. The quantitative estimate of drug-likeness (QED) is 0.666. The van der Waals surface area contributed by atoms with Gasteiger partial charge in [0.2, 0.25) is 0 Å². The number of hydrogen-bond donors (Lipinski definition) is 3. The monoisotopic (exact) mass is 292 g/mol. The molecule has 21 heavy (non-hydrogen) atoms. The molecule has 7 heteroatoms. The number of nitrogens with one attached hydrogen (secondary N) is 1. The molecule has 0 amide bonds. The molecular weight excluding hydrogens is 276 g/mol. The highest BCUT2D eigenvalue weighted by atomic mass is 16.5. The predicted octanol–water partition coefficient (Wildman–Crippen LogP) is 0.726. The molecule has 0 aliphatic heterocycles. The molecule has 0 unspecified atom stereocenters. The van der Waals surface area contributed by atoms with Crippen molar-refractivity contribution in [1.82, 2.24) is 5.32 Å². The Morgan fingerprint density at radius 1 is 1.14 bits per heavy atom. The molecule has 7 nitrogen and oxygen atoms in total. The van der Waals surface area contributed by atoms with Gasteiger partial charge in [-0.1, -0.05) is 24.3 Å². The van der Waals surface area contributed by atoms with Gasteiger partial charge in [0.25, 0.3) is 0 Å². The number of ether oxygens (including phenoxy) is 1. The van der Waals surface area contributed by atoms with Crippen LogP contribution in [-0.4, -0.2) is 48.1 Å². The fourth-order valence-corrected chi connectivity index (χ4v) is 1.52. The number of hydrogen-bond acceptors (Lipinski definition) is 5. The Labute approximate surface area is 121 Å². The van der Waals surface area contributed by atoms with E-state index >= 15 is 0 Å². The van der Waals surface area contributed by atoms with Gasteiger partial charge in [-0.3, -0.25) is 14.6 Å². The van der Waals surface area contributed by atoms with Gasteiger partial charge in [-0.2, -0.15) is 0 Å². The lowest BCUT2D eigenvalue weighted by Crippen LogP contribution is -2.24. The third-order valence-corrected chi connectivity index (χ3v) is 2.35. The van der Waals surface area contributed by atoms with E-state index in [2.05, 4.69) is 10.3 Å². The Balaban J connectivity index is 3.21. The van der Waals surface area contributed by atoms with Gasteiger partial charge in [0.15, 0.2) is 5.76 Å². The second-order valence-corrected chi connectivity index (χ2v) is 3.89. The molecule has 0 spiro atoms. The summed E-state index contributed by atoms with van der Waals surface area (Å²) in [4.78, 5) is 25.3.